The van der Waals surface area contributed by atoms with Crippen molar-refractivity contribution >= 4 is 40.5 Å². The number of aromatic amines is 1. The Balaban J connectivity index is 1.50. The molecule has 28 heavy (non-hydrogen) atoms. The maximum absolute atomic E-state index is 12.3. The molecule has 146 valence electrons. The molecule has 3 aromatic rings. The van der Waals surface area contributed by atoms with Gasteiger partial charge in [0.25, 0.3) is 5.56 Å². The number of hydrogen-bond donors (Lipinski definition) is 2. The summed E-state index contributed by atoms with van der Waals surface area (Å²) in [5.41, 5.74) is 3.07. The van der Waals surface area contributed by atoms with Gasteiger partial charge >= 0.3 is 0 Å². The van der Waals surface area contributed by atoms with Crippen LogP contribution >= 0.6 is 23.5 Å². The highest BCUT2D eigenvalue weighted by Gasteiger charge is 2.10. The van der Waals surface area contributed by atoms with Gasteiger partial charge in [-0.3, -0.25) is 9.59 Å². The summed E-state index contributed by atoms with van der Waals surface area (Å²) in [7, 11) is 0. The number of amides is 1. The van der Waals surface area contributed by atoms with Crippen LogP contribution < -0.4 is 10.9 Å². The van der Waals surface area contributed by atoms with Crippen molar-refractivity contribution < 1.29 is 4.79 Å². The largest absolute Gasteiger partial charge is 0.355 e. The van der Waals surface area contributed by atoms with Crippen molar-refractivity contribution in [3.63, 3.8) is 0 Å². The first kappa shape index (κ1) is 20.4. The average Bonchev–Trinajstić information content (AvgIpc) is 2.64. The highest BCUT2D eigenvalue weighted by molar-refractivity contribution is 7.99. The van der Waals surface area contributed by atoms with Crippen molar-refractivity contribution in [2.45, 2.75) is 30.8 Å². The van der Waals surface area contributed by atoms with Gasteiger partial charge in [0.15, 0.2) is 10.8 Å². The lowest BCUT2D eigenvalue weighted by Gasteiger charge is -2.07. The van der Waals surface area contributed by atoms with E-state index in [0.717, 1.165) is 17.0 Å². The van der Waals surface area contributed by atoms with E-state index < -0.39 is 0 Å². The number of rotatable bonds is 7. The third kappa shape index (κ3) is 5.36. The number of nitrogens with one attached hydrogen (secondary N) is 2. The van der Waals surface area contributed by atoms with Gasteiger partial charge in [0.05, 0.1) is 11.1 Å². The summed E-state index contributed by atoms with van der Waals surface area (Å²) in [6, 6.07) is 10.2. The Morgan fingerprint density at radius 3 is 2.61 bits per heavy atom. The molecular weight excluding hydrogens is 392 g/mol. The lowest BCUT2D eigenvalue weighted by molar-refractivity contribution is -0.118. The van der Waals surface area contributed by atoms with Gasteiger partial charge in [0.1, 0.15) is 0 Å². The molecule has 0 aliphatic rings. The van der Waals surface area contributed by atoms with Gasteiger partial charge in [-0.2, -0.15) is 0 Å². The van der Waals surface area contributed by atoms with Crippen LogP contribution in [0, 0.1) is 20.8 Å². The SMILES string of the molecule is Cc1ccc(SCCNC(=O)CSc2nc3nc(C)cc(C)c3c(=O)[nH]2)cc1. The molecule has 0 aliphatic carbocycles. The van der Waals surface area contributed by atoms with Crippen LogP contribution in [0.5, 0.6) is 0 Å². The minimum absolute atomic E-state index is 0.0920. The number of carbonyl (C=O) groups is 1. The van der Waals surface area contributed by atoms with Crippen LogP contribution in [0.1, 0.15) is 16.8 Å². The number of thioether (sulfide) groups is 2. The molecule has 0 aliphatic heterocycles. The second kappa shape index (κ2) is 9.25. The molecule has 6 nitrogen and oxygen atoms in total. The molecule has 0 bridgehead atoms. The fraction of sp³-hybridized carbons (Fsp3) is 0.300. The van der Waals surface area contributed by atoms with Crippen molar-refractivity contribution in [1.82, 2.24) is 20.3 Å². The average molecular weight is 415 g/mol. The molecule has 0 fully saturated rings. The summed E-state index contributed by atoms with van der Waals surface area (Å²) in [5.74, 6) is 0.896. The van der Waals surface area contributed by atoms with Crippen molar-refractivity contribution in [1.29, 1.82) is 0 Å². The molecule has 0 saturated heterocycles. The van der Waals surface area contributed by atoms with E-state index in [4.69, 9.17) is 0 Å². The van der Waals surface area contributed by atoms with Crippen LogP contribution in [-0.2, 0) is 4.79 Å². The molecule has 2 N–H and O–H groups in total. The van der Waals surface area contributed by atoms with E-state index in [-0.39, 0.29) is 17.2 Å². The summed E-state index contributed by atoms with van der Waals surface area (Å²) >= 11 is 2.90. The van der Waals surface area contributed by atoms with Crippen molar-refractivity contribution in [3.8, 4) is 0 Å². The molecule has 2 heterocycles. The summed E-state index contributed by atoms with van der Waals surface area (Å²) < 4.78 is 0. The second-order valence-electron chi connectivity index (χ2n) is 6.45. The van der Waals surface area contributed by atoms with Gasteiger partial charge < -0.3 is 10.3 Å². The fourth-order valence-electron chi connectivity index (χ4n) is 2.71. The van der Waals surface area contributed by atoms with Crippen molar-refractivity contribution in [2.24, 2.45) is 0 Å². The van der Waals surface area contributed by atoms with E-state index in [1.165, 1.54) is 22.2 Å². The van der Waals surface area contributed by atoms with Crippen LogP contribution in [-0.4, -0.2) is 38.9 Å². The first-order valence-electron chi connectivity index (χ1n) is 8.89. The topological polar surface area (TPSA) is 87.7 Å². The van der Waals surface area contributed by atoms with E-state index in [1.54, 1.807) is 11.8 Å². The lowest BCUT2D eigenvalue weighted by atomic mass is 10.2. The first-order chi connectivity index (χ1) is 13.4. The molecule has 0 saturated carbocycles. The molecule has 8 heteroatoms. The number of hydrogen-bond acceptors (Lipinski definition) is 6. The smallest absolute Gasteiger partial charge is 0.261 e. The number of nitrogens with zero attached hydrogens (tertiary/aromatic N) is 2. The van der Waals surface area contributed by atoms with Gasteiger partial charge in [-0.15, -0.1) is 11.8 Å². The Morgan fingerprint density at radius 2 is 1.86 bits per heavy atom. The molecule has 3 rings (SSSR count). The maximum Gasteiger partial charge on any atom is 0.261 e. The highest BCUT2D eigenvalue weighted by atomic mass is 32.2. The highest BCUT2D eigenvalue weighted by Crippen LogP contribution is 2.18. The van der Waals surface area contributed by atoms with Crippen LogP contribution in [0.15, 0.2) is 45.2 Å². The number of fused-ring (bicyclic) bond motifs is 1. The van der Waals surface area contributed by atoms with Gasteiger partial charge in [0.2, 0.25) is 5.91 Å². The summed E-state index contributed by atoms with van der Waals surface area (Å²) in [6.07, 6.45) is 0. The van der Waals surface area contributed by atoms with E-state index >= 15 is 0 Å². The van der Waals surface area contributed by atoms with Crippen LogP contribution in [0.3, 0.4) is 0 Å². The van der Waals surface area contributed by atoms with Gasteiger partial charge in [-0.05, 0) is 44.5 Å². The molecule has 0 atom stereocenters. The van der Waals surface area contributed by atoms with E-state index in [0.29, 0.717) is 22.7 Å². The van der Waals surface area contributed by atoms with Crippen molar-refractivity contribution in [3.05, 3.63) is 57.5 Å². The summed E-state index contributed by atoms with van der Waals surface area (Å²) in [4.78, 5) is 37.0. The number of benzene rings is 1. The Kier molecular flexibility index (Phi) is 6.74. The quantitative estimate of drug-likeness (QED) is 0.351. The predicted octanol–water partition coefficient (Wildman–Crippen LogP) is 3.24. The number of carbonyl (C=O) groups excluding carboxylic acids is 1. The lowest BCUT2D eigenvalue weighted by Crippen LogP contribution is -2.27. The third-order valence-corrected chi connectivity index (χ3v) is 5.92. The zero-order valence-electron chi connectivity index (χ0n) is 16.0. The monoisotopic (exact) mass is 414 g/mol. The van der Waals surface area contributed by atoms with Crippen molar-refractivity contribution in [2.75, 3.05) is 18.1 Å². The summed E-state index contributed by atoms with van der Waals surface area (Å²) in [6.45, 7) is 6.37. The predicted molar refractivity (Wildman–Crippen MR) is 115 cm³/mol. The van der Waals surface area contributed by atoms with Crippen LogP contribution in [0.4, 0.5) is 0 Å². The number of aromatic nitrogens is 3. The minimum Gasteiger partial charge on any atom is -0.355 e. The maximum atomic E-state index is 12.3. The first-order valence-corrected chi connectivity index (χ1v) is 10.9. The third-order valence-electron chi connectivity index (χ3n) is 4.03. The molecule has 0 unspecified atom stereocenters. The molecular formula is C20H22N4O2S2. The zero-order valence-corrected chi connectivity index (χ0v) is 17.7. The molecule has 0 radical (unpaired) electrons. The minimum atomic E-state index is -0.229. The Morgan fingerprint density at radius 1 is 1.11 bits per heavy atom. The molecule has 1 aromatic carbocycles. The van der Waals surface area contributed by atoms with E-state index in [9.17, 15) is 9.59 Å². The Bertz CT molecular complexity index is 1050. The van der Waals surface area contributed by atoms with E-state index in [2.05, 4.69) is 51.5 Å². The van der Waals surface area contributed by atoms with Crippen LogP contribution in [0.2, 0.25) is 0 Å². The zero-order chi connectivity index (χ0) is 20.1. The van der Waals surface area contributed by atoms with Gasteiger partial charge in [0, 0.05) is 22.9 Å². The van der Waals surface area contributed by atoms with Crippen LogP contribution in [0.25, 0.3) is 11.0 Å². The Hall–Kier alpha value is -2.32. The Labute approximate surface area is 172 Å². The standard InChI is InChI=1S/C20H22N4O2S2/c1-12-4-6-15(7-5-12)27-9-8-21-16(25)11-28-20-23-18-17(19(26)24-20)13(2)10-14(3)22-18/h4-7,10H,8-9,11H2,1-3H3,(H,21,25)(H,22,23,24,26). The van der Waals surface area contributed by atoms with Gasteiger partial charge in [-0.1, -0.05) is 29.5 Å². The van der Waals surface area contributed by atoms with Gasteiger partial charge in [-0.25, -0.2) is 9.97 Å². The number of pyridine rings is 1. The second-order valence-corrected chi connectivity index (χ2v) is 8.58. The number of H-pyrrole nitrogens is 1. The fourth-order valence-corrected chi connectivity index (χ4v) is 4.16. The number of aryl methyl sites for hydroxylation is 3. The molecule has 1 amide bonds. The normalized spacial score (nSPS) is 11.0. The molecule has 0 spiro atoms. The van der Waals surface area contributed by atoms with E-state index in [1.807, 2.05) is 19.9 Å². The summed E-state index contributed by atoms with van der Waals surface area (Å²) in [5, 5.41) is 3.78. The molecule has 2 aromatic heterocycles.